The van der Waals surface area contributed by atoms with Crippen molar-refractivity contribution >= 4 is 46.7 Å². The highest BCUT2D eigenvalue weighted by molar-refractivity contribution is 6.32. The fourth-order valence-electron chi connectivity index (χ4n) is 5.26. The average molecular weight is 565 g/mol. The molecule has 206 valence electrons. The van der Waals surface area contributed by atoms with Crippen molar-refractivity contribution in [1.82, 2.24) is 25.1 Å². The van der Waals surface area contributed by atoms with Crippen LogP contribution in [-0.4, -0.2) is 90.1 Å². The lowest BCUT2D eigenvalue weighted by Crippen LogP contribution is -2.58. The van der Waals surface area contributed by atoms with Crippen LogP contribution in [0.4, 0.5) is 11.6 Å². The van der Waals surface area contributed by atoms with Gasteiger partial charge in [0.15, 0.2) is 22.5 Å². The van der Waals surface area contributed by atoms with E-state index < -0.39 is 11.9 Å². The van der Waals surface area contributed by atoms with Crippen molar-refractivity contribution in [3.8, 4) is 0 Å². The van der Waals surface area contributed by atoms with Gasteiger partial charge in [0.05, 0.1) is 7.11 Å². The molecule has 1 amide bonds. The van der Waals surface area contributed by atoms with Gasteiger partial charge in [-0.3, -0.25) is 19.4 Å². The Labute approximate surface area is 233 Å². The SMILES string of the molecule is CC[C@H]1CN(c2nc(N)c(C(=O)NCC(=O)OC)nc2Cl)CCN1C1CCN(Cc2ccc(Cl)cc2)CC1. The number of nitrogens with one attached hydrogen (secondary N) is 1. The van der Waals surface area contributed by atoms with Crippen molar-refractivity contribution in [3.63, 3.8) is 0 Å². The van der Waals surface area contributed by atoms with Gasteiger partial charge >= 0.3 is 5.97 Å². The van der Waals surface area contributed by atoms with Crippen molar-refractivity contribution in [2.45, 2.75) is 44.8 Å². The minimum Gasteiger partial charge on any atom is -0.468 e. The lowest BCUT2D eigenvalue weighted by Gasteiger charge is -2.47. The monoisotopic (exact) mass is 563 g/mol. The van der Waals surface area contributed by atoms with E-state index in [2.05, 4.69) is 53.8 Å². The summed E-state index contributed by atoms with van der Waals surface area (Å²) in [6, 6.07) is 8.99. The van der Waals surface area contributed by atoms with E-state index in [0.29, 0.717) is 17.9 Å². The van der Waals surface area contributed by atoms with Crippen LogP contribution >= 0.6 is 23.2 Å². The molecule has 0 bridgehead atoms. The van der Waals surface area contributed by atoms with Gasteiger partial charge in [0, 0.05) is 43.3 Å². The smallest absolute Gasteiger partial charge is 0.325 e. The molecule has 0 saturated carbocycles. The van der Waals surface area contributed by atoms with Crippen LogP contribution in [0.15, 0.2) is 24.3 Å². The Balaban J connectivity index is 1.35. The maximum absolute atomic E-state index is 12.4. The zero-order valence-electron chi connectivity index (χ0n) is 21.8. The van der Waals surface area contributed by atoms with Crippen molar-refractivity contribution in [2.24, 2.45) is 0 Å². The Morgan fingerprint density at radius 2 is 1.82 bits per heavy atom. The molecule has 2 aliphatic heterocycles. The Morgan fingerprint density at radius 3 is 2.47 bits per heavy atom. The van der Waals surface area contributed by atoms with E-state index in [0.717, 1.165) is 63.6 Å². The number of rotatable bonds is 8. The van der Waals surface area contributed by atoms with E-state index in [9.17, 15) is 9.59 Å². The number of halogens is 2. The van der Waals surface area contributed by atoms with Gasteiger partial charge in [-0.2, -0.15) is 0 Å². The second kappa shape index (κ2) is 12.9. The highest BCUT2D eigenvalue weighted by atomic mass is 35.5. The highest BCUT2D eigenvalue weighted by Gasteiger charge is 2.34. The van der Waals surface area contributed by atoms with Crippen molar-refractivity contribution in [3.05, 3.63) is 45.7 Å². The third-order valence-electron chi connectivity index (χ3n) is 7.34. The first kappa shape index (κ1) is 28.4. The molecule has 38 heavy (non-hydrogen) atoms. The highest BCUT2D eigenvalue weighted by Crippen LogP contribution is 2.30. The molecule has 3 heterocycles. The molecule has 3 N–H and O–H groups in total. The van der Waals surface area contributed by atoms with E-state index in [4.69, 9.17) is 28.9 Å². The number of piperazine rings is 1. The Bertz CT molecular complexity index is 1130. The lowest BCUT2D eigenvalue weighted by atomic mass is 9.98. The number of hydrogen-bond donors (Lipinski definition) is 2. The molecule has 0 unspecified atom stereocenters. The average Bonchev–Trinajstić information content (AvgIpc) is 2.93. The van der Waals surface area contributed by atoms with Gasteiger partial charge < -0.3 is 20.7 Å². The van der Waals surface area contributed by atoms with Crippen molar-refractivity contribution in [2.75, 3.05) is 57.0 Å². The molecular formula is C26H35Cl2N7O3. The molecule has 2 aliphatic rings. The fourth-order valence-corrected chi connectivity index (χ4v) is 5.63. The first-order chi connectivity index (χ1) is 18.3. The molecule has 12 heteroatoms. The predicted octanol–water partition coefficient (Wildman–Crippen LogP) is 2.83. The number of piperidine rings is 1. The summed E-state index contributed by atoms with van der Waals surface area (Å²) in [6.07, 6.45) is 3.26. The first-order valence-electron chi connectivity index (χ1n) is 12.9. The molecule has 2 saturated heterocycles. The second-order valence-electron chi connectivity index (χ2n) is 9.71. The molecule has 1 atom stereocenters. The molecular weight excluding hydrogens is 529 g/mol. The molecule has 2 fully saturated rings. The predicted molar refractivity (Wildman–Crippen MR) is 149 cm³/mol. The number of aromatic nitrogens is 2. The summed E-state index contributed by atoms with van der Waals surface area (Å²) in [4.78, 5) is 39.6. The molecule has 0 spiro atoms. The van der Waals surface area contributed by atoms with Crippen molar-refractivity contribution in [1.29, 1.82) is 0 Å². The van der Waals surface area contributed by atoms with Gasteiger partial charge in [0.1, 0.15) is 6.54 Å². The number of methoxy groups -OCH3 is 1. The van der Waals surface area contributed by atoms with Gasteiger partial charge in [-0.15, -0.1) is 0 Å². The van der Waals surface area contributed by atoms with E-state index in [1.165, 1.54) is 12.7 Å². The molecule has 1 aromatic heterocycles. The summed E-state index contributed by atoms with van der Waals surface area (Å²) in [5.41, 5.74) is 7.24. The Kier molecular flexibility index (Phi) is 9.64. The van der Waals surface area contributed by atoms with Crippen LogP contribution in [0, 0.1) is 0 Å². The number of nitrogens with two attached hydrogens (primary N) is 1. The Morgan fingerprint density at radius 1 is 1.11 bits per heavy atom. The number of ether oxygens (including phenoxy) is 1. The minimum atomic E-state index is -0.632. The van der Waals surface area contributed by atoms with Crippen LogP contribution in [0.5, 0.6) is 0 Å². The van der Waals surface area contributed by atoms with Gasteiger partial charge in [0.2, 0.25) is 0 Å². The number of benzene rings is 1. The summed E-state index contributed by atoms with van der Waals surface area (Å²) in [5.74, 6) is -0.768. The largest absolute Gasteiger partial charge is 0.468 e. The lowest BCUT2D eigenvalue weighted by molar-refractivity contribution is -0.139. The normalized spacial score (nSPS) is 19.4. The van der Waals surface area contributed by atoms with Crippen LogP contribution < -0.4 is 16.0 Å². The van der Waals surface area contributed by atoms with Gasteiger partial charge in [-0.05, 0) is 50.0 Å². The Hall–Kier alpha value is -2.66. The number of amides is 1. The number of likely N-dealkylation sites (tertiary alicyclic amines) is 1. The standard InChI is InChI=1S/C26H35Cl2N7O3/c1-3-19-16-34(25-23(28)31-22(24(29)32-25)26(37)30-14-21(36)38-2)12-13-35(19)20-8-10-33(11-9-20)15-17-4-6-18(27)7-5-17/h4-7,19-20H,3,8-16H2,1-2H3,(H2,29,32)(H,30,37)/t19-/m0/s1. The van der Waals surface area contributed by atoms with Gasteiger partial charge in [0.25, 0.3) is 5.91 Å². The van der Waals surface area contributed by atoms with Crippen LogP contribution in [0.1, 0.15) is 42.2 Å². The maximum Gasteiger partial charge on any atom is 0.325 e. The summed E-state index contributed by atoms with van der Waals surface area (Å²) < 4.78 is 4.53. The van der Waals surface area contributed by atoms with Gasteiger partial charge in [-0.25, -0.2) is 9.97 Å². The molecule has 2 aromatic rings. The first-order valence-corrected chi connectivity index (χ1v) is 13.7. The van der Waals surface area contributed by atoms with Crippen LogP contribution in [0.3, 0.4) is 0 Å². The fraction of sp³-hybridized carbons (Fsp3) is 0.538. The topological polar surface area (TPSA) is 117 Å². The molecule has 10 nitrogen and oxygen atoms in total. The van der Waals surface area contributed by atoms with E-state index in [-0.39, 0.29) is 23.2 Å². The summed E-state index contributed by atoms with van der Waals surface area (Å²) >= 11 is 12.5. The third-order valence-corrected chi connectivity index (χ3v) is 7.85. The molecule has 0 aliphatic carbocycles. The van der Waals surface area contributed by atoms with E-state index >= 15 is 0 Å². The van der Waals surface area contributed by atoms with Crippen LogP contribution in [0.2, 0.25) is 10.2 Å². The summed E-state index contributed by atoms with van der Waals surface area (Å²) in [7, 11) is 1.24. The third kappa shape index (κ3) is 6.85. The number of nitrogens with zero attached hydrogens (tertiary/aromatic N) is 5. The van der Waals surface area contributed by atoms with E-state index in [1.54, 1.807) is 0 Å². The number of carbonyl (C=O) groups is 2. The summed E-state index contributed by atoms with van der Waals surface area (Å²) in [6.45, 7) is 7.37. The molecule has 1 aromatic carbocycles. The quantitative estimate of drug-likeness (QED) is 0.467. The molecule has 0 radical (unpaired) electrons. The number of nitrogen functional groups attached to an aromatic ring is 1. The zero-order valence-corrected chi connectivity index (χ0v) is 23.3. The van der Waals surface area contributed by atoms with Crippen LogP contribution in [0.25, 0.3) is 0 Å². The molecule has 4 rings (SSSR count). The van der Waals surface area contributed by atoms with E-state index in [1.807, 2.05) is 12.1 Å². The maximum atomic E-state index is 12.4. The second-order valence-corrected chi connectivity index (χ2v) is 10.5. The van der Waals surface area contributed by atoms with Crippen molar-refractivity contribution < 1.29 is 14.3 Å². The minimum absolute atomic E-state index is 0.0321. The summed E-state index contributed by atoms with van der Waals surface area (Å²) in [5, 5.41) is 3.29. The van der Waals surface area contributed by atoms with Gasteiger partial charge in [-0.1, -0.05) is 42.3 Å². The zero-order chi connectivity index (χ0) is 27.2. The number of hydrogen-bond acceptors (Lipinski definition) is 9. The number of carbonyl (C=O) groups excluding carboxylic acids is 2. The number of anilines is 2. The van der Waals surface area contributed by atoms with Crippen LogP contribution in [-0.2, 0) is 16.1 Å². The number of esters is 1.